The van der Waals surface area contributed by atoms with Crippen LogP contribution in [0.1, 0.15) is 27.2 Å². The zero-order valence-electron chi connectivity index (χ0n) is 14.5. The van der Waals surface area contributed by atoms with Crippen LogP contribution in [0.4, 0.5) is 0 Å². The quantitative estimate of drug-likeness (QED) is 0.349. The molecule has 2 aromatic carbocycles. The molecule has 4 nitrogen and oxygen atoms in total. The molecule has 1 aromatic heterocycles. The number of carbonyl (C=O) groups is 1. The van der Waals surface area contributed by atoms with Crippen LogP contribution in [-0.4, -0.2) is 21.5 Å². The molecular weight excluding hydrogens is 403 g/mol. The number of ketones is 1. The number of halogens is 2. The van der Waals surface area contributed by atoms with Gasteiger partial charge in [0.25, 0.3) is 5.56 Å². The van der Waals surface area contributed by atoms with Crippen LogP contribution in [0.15, 0.2) is 58.5 Å². The molecule has 0 spiro atoms. The van der Waals surface area contributed by atoms with Crippen molar-refractivity contribution in [2.24, 2.45) is 0 Å². The van der Waals surface area contributed by atoms with Crippen LogP contribution in [0.25, 0.3) is 0 Å². The predicted octanol–water partition coefficient (Wildman–Crippen LogP) is 4.95. The van der Waals surface area contributed by atoms with Gasteiger partial charge in [-0.15, -0.1) is 0 Å². The van der Waals surface area contributed by atoms with Gasteiger partial charge in [0.1, 0.15) is 0 Å². The Morgan fingerprint density at radius 1 is 1.07 bits per heavy atom. The molecule has 0 aliphatic carbocycles. The summed E-state index contributed by atoms with van der Waals surface area (Å²) in [6, 6.07) is 14.3. The Bertz CT molecular complexity index is 1020. The maximum Gasteiger partial charge on any atom is 0.254 e. The van der Waals surface area contributed by atoms with E-state index in [2.05, 4.69) is 9.97 Å². The van der Waals surface area contributed by atoms with E-state index >= 15 is 0 Å². The van der Waals surface area contributed by atoms with Crippen LogP contribution in [0.3, 0.4) is 0 Å². The molecule has 0 radical (unpaired) electrons. The van der Waals surface area contributed by atoms with E-state index in [1.54, 1.807) is 37.3 Å². The Hall–Kier alpha value is -2.08. The molecule has 0 saturated carbocycles. The summed E-state index contributed by atoms with van der Waals surface area (Å²) in [5.41, 5.74) is 2.20. The number of nitrogens with zero attached hydrogens (tertiary/aromatic N) is 1. The fourth-order valence-electron chi connectivity index (χ4n) is 2.51. The molecular formula is C20H16Cl2N2O2S. The number of aromatic amines is 1. The Labute approximate surface area is 170 Å². The number of thioether (sulfide) groups is 1. The van der Waals surface area contributed by atoms with E-state index in [9.17, 15) is 9.59 Å². The average Bonchev–Trinajstić information content (AvgIpc) is 2.67. The smallest absolute Gasteiger partial charge is 0.254 e. The molecule has 1 N–H and O–H groups in total. The summed E-state index contributed by atoms with van der Waals surface area (Å²) >= 11 is 13.7. The maximum absolute atomic E-state index is 12.3. The highest BCUT2D eigenvalue weighted by Gasteiger charge is 2.14. The van der Waals surface area contributed by atoms with Gasteiger partial charge >= 0.3 is 0 Å². The molecule has 0 atom stereocenters. The van der Waals surface area contributed by atoms with Gasteiger partial charge in [0.15, 0.2) is 10.9 Å². The summed E-state index contributed by atoms with van der Waals surface area (Å²) in [5.74, 6) is 0.155. The first-order chi connectivity index (χ1) is 13.0. The van der Waals surface area contributed by atoms with E-state index in [0.717, 1.165) is 5.56 Å². The number of benzene rings is 2. The molecule has 1 heterocycles. The van der Waals surface area contributed by atoms with Crippen molar-refractivity contribution in [3.05, 3.63) is 91.3 Å². The molecule has 0 fully saturated rings. The fraction of sp³-hybridized carbons (Fsp3) is 0.150. The Balaban J connectivity index is 1.82. The van der Waals surface area contributed by atoms with Crippen molar-refractivity contribution in [1.82, 2.24) is 9.97 Å². The monoisotopic (exact) mass is 418 g/mol. The minimum Gasteiger partial charge on any atom is -0.301 e. The number of hydrogen-bond donors (Lipinski definition) is 1. The molecule has 27 heavy (non-hydrogen) atoms. The van der Waals surface area contributed by atoms with E-state index in [4.69, 9.17) is 23.2 Å². The lowest BCUT2D eigenvalue weighted by Gasteiger charge is -2.10. The lowest BCUT2D eigenvalue weighted by Crippen LogP contribution is -2.17. The summed E-state index contributed by atoms with van der Waals surface area (Å²) in [5, 5.41) is 1.45. The number of carbonyl (C=O) groups excluding carboxylic acids is 1. The number of nitrogens with one attached hydrogen (secondary N) is 1. The van der Waals surface area contributed by atoms with E-state index in [1.165, 1.54) is 11.8 Å². The Kier molecular flexibility index (Phi) is 6.37. The van der Waals surface area contributed by atoms with E-state index < -0.39 is 0 Å². The van der Waals surface area contributed by atoms with E-state index in [1.807, 2.05) is 18.2 Å². The number of aromatic nitrogens is 2. The van der Waals surface area contributed by atoms with Crippen molar-refractivity contribution in [1.29, 1.82) is 0 Å². The second-order valence-electron chi connectivity index (χ2n) is 5.90. The molecule has 3 rings (SSSR count). The maximum atomic E-state index is 12.3. The van der Waals surface area contributed by atoms with Gasteiger partial charge in [-0.2, -0.15) is 0 Å². The van der Waals surface area contributed by atoms with Gasteiger partial charge < -0.3 is 4.98 Å². The first-order valence-corrected chi connectivity index (χ1v) is 9.93. The highest BCUT2D eigenvalue weighted by atomic mass is 35.5. The Morgan fingerprint density at radius 3 is 2.41 bits per heavy atom. The summed E-state index contributed by atoms with van der Waals surface area (Å²) in [4.78, 5) is 31.8. The first kappa shape index (κ1) is 19.7. The second kappa shape index (κ2) is 8.74. The molecule has 0 saturated heterocycles. The molecule has 0 bridgehead atoms. The second-order valence-corrected chi connectivity index (χ2v) is 7.68. The normalized spacial score (nSPS) is 10.8. The predicted molar refractivity (Wildman–Crippen MR) is 110 cm³/mol. The summed E-state index contributed by atoms with van der Waals surface area (Å²) in [6.45, 7) is 1.70. The highest BCUT2D eigenvalue weighted by molar-refractivity contribution is 7.99. The number of H-pyrrole nitrogens is 1. The van der Waals surface area contributed by atoms with Gasteiger partial charge in [0.05, 0.1) is 11.4 Å². The topological polar surface area (TPSA) is 62.8 Å². The number of Topliss-reactive ketones (excluding diaryl/α,β-unsaturated/α-hetero) is 1. The van der Waals surface area contributed by atoms with Crippen molar-refractivity contribution in [3.63, 3.8) is 0 Å². The van der Waals surface area contributed by atoms with Crippen molar-refractivity contribution >= 4 is 40.7 Å². The van der Waals surface area contributed by atoms with Crippen LogP contribution in [0.5, 0.6) is 0 Å². The van der Waals surface area contributed by atoms with Gasteiger partial charge in [-0.3, -0.25) is 9.59 Å². The number of hydrogen-bond acceptors (Lipinski definition) is 4. The van der Waals surface area contributed by atoms with Crippen molar-refractivity contribution in [2.45, 2.75) is 18.5 Å². The molecule has 0 unspecified atom stereocenters. The molecule has 0 aliphatic rings. The largest absolute Gasteiger partial charge is 0.301 e. The SMILES string of the molecule is Cc1c(Cc2c(Cl)cccc2Cl)nc(SCC(=O)c2ccccc2)[nH]c1=O. The van der Waals surface area contributed by atoms with Crippen molar-refractivity contribution in [3.8, 4) is 0 Å². The first-order valence-electron chi connectivity index (χ1n) is 8.19. The third kappa shape index (κ3) is 4.80. The molecule has 0 amide bonds. The standard InChI is InChI=1S/C20H16Cl2N2O2S/c1-12-17(10-14-15(21)8-5-9-16(14)22)23-20(24-19(12)26)27-11-18(25)13-6-3-2-4-7-13/h2-9H,10-11H2,1H3,(H,23,24,26). The fourth-order valence-corrected chi connectivity index (χ4v) is 3.81. The molecule has 3 aromatic rings. The van der Waals surface area contributed by atoms with Crippen LogP contribution in [0.2, 0.25) is 10.0 Å². The highest BCUT2D eigenvalue weighted by Crippen LogP contribution is 2.27. The van der Waals surface area contributed by atoms with E-state index in [0.29, 0.717) is 38.4 Å². The number of rotatable bonds is 6. The van der Waals surface area contributed by atoms with Crippen molar-refractivity contribution < 1.29 is 4.79 Å². The van der Waals surface area contributed by atoms with Gasteiger partial charge in [-0.05, 0) is 24.6 Å². The van der Waals surface area contributed by atoms with Crippen LogP contribution >= 0.6 is 35.0 Å². The minimum atomic E-state index is -0.238. The van der Waals surface area contributed by atoms with Gasteiger partial charge in [-0.1, -0.05) is 71.4 Å². The van der Waals surface area contributed by atoms with Gasteiger partial charge in [0.2, 0.25) is 0 Å². The van der Waals surface area contributed by atoms with Crippen LogP contribution in [0, 0.1) is 6.92 Å². The lowest BCUT2D eigenvalue weighted by atomic mass is 10.1. The lowest BCUT2D eigenvalue weighted by molar-refractivity contribution is 0.102. The van der Waals surface area contributed by atoms with E-state index in [-0.39, 0.29) is 17.1 Å². The third-order valence-electron chi connectivity index (χ3n) is 4.07. The zero-order valence-corrected chi connectivity index (χ0v) is 16.8. The molecule has 7 heteroatoms. The van der Waals surface area contributed by atoms with Crippen LogP contribution < -0.4 is 5.56 Å². The zero-order chi connectivity index (χ0) is 19.4. The summed E-state index contributed by atoms with van der Waals surface area (Å²) < 4.78 is 0. The summed E-state index contributed by atoms with van der Waals surface area (Å²) in [6.07, 6.45) is 0.342. The summed E-state index contributed by atoms with van der Waals surface area (Å²) in [7, 11) is 0. The Morgan fingerprint density at radius 2 is 1.74 bits per heavy atom. The van der Waals surface area contributed by atoms with Crippen LogP contribution in [-0.2, 0) is 6.42 Å². The molecule has 138 valence electrons. The van der Waals surface area contributed by atoms with Gasteiger partial charge in [0, 0.05) is 27.6 Å². The molecule has 0 aliphatic heterocycles. The minimum absolute atomic E-state index is 0.0282. The van der Waals surface area contributed by atoms with Crippen molar-refractivity contribution in [2.75, 3.05) is 5.75 Å². The van der Waals surface area contributed by atoms with Gasteiger partial charge in [-0.25, -0.2) is 4.98 Å². The average molecular weight is 419 g/mol. The third-order valence-corrected chi connectivity index (χ3v) is 5.65.